The zero-order valence-corrected chi connectivity index (χ0v) is 8.50. The largest absolute Gasteiger partial charge is 0.391 e. The molecule has 0 bridgehead atoms. The van der Waals surface area contributed by atoms with E-state index in [-0.39, 0.29) is 12.0 Å². The van der Waals surface area contributed by atoms with Crippen molar-refractivity contribution in [1.82, 2.24) is 14.8 Å². The smallest absolute Gasteiger partial charge is 0.344 e. The summed E-state index contributed by atoms with van der Waals surface area (Å²) < 4.78 is 0.940. The Kier molecular flexibility index (Phi) is 2.66. The molecule has 0 radical (unpaired) electrons. The SMILES string of the molecule is CC(C)(C)C(O)Cn1c(=O)[nH][nH]c1=O. The maximum atomic E-state index is 11.1. The average Bonchev–Trinajstić information content (AvgIpc) is 2.34. The third kappa shape index (κ3) is 2.14. The summed E-state index contributed by atoms with van der Waals surface area (Å²) in [6.07, 6.45) is -0.739. The van der Waals surface area contributed by atoms with E-state index in [4.69, 9.17) is 0 Å². The predicted octanol–water partition coefficient (Wildman–Crippen LogP) is -0.728. The standard InChI is InChI=1S/C8H15N3O3/c1-8(2,3)5(12)4-11-6(13)9-10-7(11)14/h5,12H,4H2,1-3H3,(H,9,13)(H,10,14). The number of H-pyrrole nitrogens is 2. The van der Waals surface area contributed by atoms with Crippen molar-refractivity contribution in [2.75, 3.05) is 0 Å². The molecule has 14 heavy (non-hydrogen) atoms. The summed E-state index contributed by atoms with van der Waals surface area (Å²) in [7, 11) is 0. The van der Waals surface area contributed by atoms with E-state index in [9.17, 15) is 14.7 Å². The number of aromatic amines is 2. The Balaban J connectivity index is 2.90. The number of nitrogens with one attached hydrogen (secondary N) is 2. The molecule has 0 aliphatic carbocycles. The first-order valence-electron chi connectivity index (χ1n) is 4.38. The Morgan fingerprint density at radius 3 is 2.07 bits per heavy atom. The fraction of sp³-hybridized carbons (Fsp3) is 0.750. The summed E-state index contributed by atoms with van der Waals surface area (Å²) in [5.74, 6) is 0. The highest BCUT2D eigenvalue weighted by molar-refractivity contribution is 4.76. The van der Waals surface area contributed by atoms with Crippen molar-refractivity contribution in [3.63, 3.8) is 0 Å². The quantitative estimate of drug-likeness (QED) is 0.589. The van der Waals surface area contributed by atoms with Gasteiger partial charge in [-0.2, -0.15) is 0 Å². The Morgan fingerprint density at radius 1 is 1.29 bits per heavy atom. The molecule has 0 aliphatic rings. The normalized spacial score (nSPS) is 14.3. The summed E-state index contributed by atoms with van der Waals surface area (Å²) in [6.45, 7) is 5.51. The molecule has 0 aromatic carbocycles. The van der Waals surface area contributed by atoms with E-state index in [0.717, 1.165) is 4.57 Å². The van der Waals surface area contributed by atoms with E-state index >= 15 is 0 Å². The Labute approximate surface area is 80.6 Å². The molecule has 1 aromatic rings. The van der Waals surface area contributed by atoms with Gasteiger partial charge in [0.15, 0.2) is 0 Å². The van der Waals surface area contributed by atoms with Crippen LogP contribution in [0.15, 0.2) is 9.59 Å². The lowest BCUT2D eigenvalue weighted by atomic mass is 9.89. The van der Waals surface area contributed by atoms with Crippen LogP contribution in [0, 0.1) is 5.41 Å². The zero-order valence-electron chi connectivity index (χ0n) is 8.50. The van der Waals surface area contributed by atoms with Gasteiger partial charge in [0.1, 0.15) is 0 Å². The first-order chi connectivity index (χ1) is 6.32. The monoisotopic (exact) mass is 201 g/mol. The summed E-state index contributed by atoms with van der Waals surface area (Å²) in [5, 5.41) is 14.0. The molecule has 0 saturated heterocycles. The van der Waals surface area contributed by atoms with Crippen LogP contribution < -0.4 is 11.4 Å². The van der Waals surface area contributed by atoms with Crippen LogP contribution in [0.5, 0.6) is 0 Å². The van der Waals surface area contributed by atoms with Gasteiger partial charge in [-0.15, -0.1) is 0 Å². The number of nitrogens with zero attached hydrogens (tertiary/aromatic N) is 1. The van der Waals surface area contributed by atoms with E-state index in [1.807, 2.05) is 20.8 Å². The molecule has 0 fully saturated rings. The number of aliphatic hydroxyl groups excluding tert-OH is 1. The van der Waals surface area contributed by atoms with Crippen LogP contribution in [-0.4, -0.2) is 26.0 Å². The zero-order chi connectivity index (χ0) is 10.9. The fourth-order valence-corrected chi connectivity index (χ4v) is 0.947. The van der Waals surface area contributed by atoms with Crippen LogP contribution in [0.1, 0.15) is 20.8 Å². The Morgan fingerprint density at radius 2 is 1.71 bits per heavy atom. The van der Waals surface area contributed by atoms with Crippen LogP contribution in [0.4, 0.5) is 0 Å². The van der Waals surface area contributed by atoms with Crippen LogP contribution >= 0.6 is 0 Å². The van der Waals surface area contributed by atoms with Crippen LogP contribution in [-0.2, 0) is 6.54 Å². The lowest BCUT2D eigenvalue weighted by Crippen LogP contribution is -2.38. The minimum atomic E-state index is -0.739. The molecule has 1 heterocycles. The molecule has 0 aliphatic heterocycles. The molecule has 1 rings (SSSR count). The highest BCUT2D eigenvalue weighted by Crippen LogP contribution is 2.19. The van der Waals surface area contributed by atoms with Crippen LogP contribution in [0.2, 0.25) is 0 Å². The molecule has 6 heteroatoms. The second-order valence-electron chi connectivity index (χ2n) is 4.35. The molecule has 1 atom stereocenters. The van der Waals surface area contributed by atoms with Gasteiger partial charge in [-0.1, -0.05) is 20.8 Å². The van der Waals surface area contributed by atoms with Gasteiger partial charge >= 0.3 is 11.4 Å². The third-order valence-electron chi connectivity index (χ3n) is 2.12. The van der Waals surface area contributed by atoms with E-state index in [1.54, 1.807) is 0 Å². The lowest BCUT2D eigenvalue weighted by Gasteiger charge is -2.25. The molecule has 1 aromatic heterocycles. The number of aliphatic hydroxyl groups is 1. The second-order valence-corrected chi connectivity index (χ2v) is 4.35. The summed E-state index contributed by atoms with van der Waals surface area (Å²) in [6, 6.07) is 0. The molecular formula is C8H15N3O3. The minimum absolute atomic E-state index is 0.00116. The number of aromatic nitrogens is 3. The van der Waals surface area contributed by atoms with Crippen LogP contribution in [0.3, 0.4) is 0 Å². The maximum Gasteiger partial charge on any atom is 0.344 e. The molecule has 3 N–H and O–H groups in total. The molecule has 1 unspecified atom stereocenters. The van der Waals surface area contributed by atoms with Crippen molar-refractivity contribution in [3.8, 4) is 0 Å². The van der Waals surface area contributed by atoms with E-state index in [2.05, 4.69) is 10.2 Å². The molecule has 6 nitrogen and oxygen atoms in total. The predicted molar refractivity (Wildman–Crippen MR) is 51.1 cm³/mol. The van der Waals surface area contributed by atoms with Crippen molar-refractivity contribution < 1.29 is 5.11 Å². The minimum Gasteiger partial charge on any atom is -0.391 e. The van der Waals surface area contributed by atoms with Gasteiger partial charge in [-0.25, -0.2) is 24.4 Å². The molecule has 80 valence electrons. The van der Waals surface area contributed by atoms with Crippen molar-refractivity contribution >= 4 is 0 Å². The topological polar surface area (TPSA) is 90.9 Å². The molecule has 0 amide bonds. The Hall–Kier alpha value is -1.30. The van der Waals surface area contributed by atoms with Gasteiger partial charge in [0.05, 0.1) is 12.6 Å². The van der Waals surface area contributed by atoms with Gasteiger partial charge in [-0.05, 0) is 5.41 Å². The van der Waals surface area contributed by atoms with Crippen LogP contribution in [0.25, 0.3) is 0 Å². The lowest BCUT2D eigenvalue weighted by molar-refractivity contribution is 0.0465. The van der Waals surface area contributed by atoms with Crippen molar-refractivity contribution in [2.24, 2.45) is 5.41 Å². The van der Waals surface area contributed by atoms with E-state index in [1.165, 1.54) is 0 Å². The second kappa shape index (κ2) is 3.45. The maximum absolute atomic E-state index is 11.1. The van der Waals surface area contributed by atoms with Crippen molar-refractivity contribution in [1.29, 1.82) is 0 Å². The first-order valence-corrected chi connectivity index (χ1v) is 4.38. The van der Waals surface area contributed by atoms with Gasteiger partial charge in [0.2, 0.25) is 0 Å². The first kappa shape index (κ1) is 10.8. The van der Waals surface area contributed by atoms with Gasteiger partial charge in [-0.3, -0.25) is 0 Å². The molecular weight excluding hydrogens is 186 g/mol. The summed E-state index contributed by atoms with van der Waals surface area (Å²) in [5.41, 5.74) is -1.42. The van der Waals surface area contributed by atoms with Crippen molar-refractivity contribution in [3.05, 3.63) is 21.0 Å². The van der Waals surface area contributed by atoms with Gasteiger partial charge in [0.25, 0.3) is 0 Å². The Bertz CT molecular complexity index is 379. The van der Waals surface area contributed by atoms with E-state index in [0.29, 0.717) is 0 Å². The summed E-state index contributed by atoms with van der Waals surface area (Å²) in [4.78, 5) is 22.1. The highest BCUT2D eigenvalue weighted by atomic mass is 16.3. The fourth-order valence-electron chi connectivity index (χ4n) is 0.947. The summed E-state index contributed by atoms with van der Waals surface area (Å²) >= 11 is 0. The van der Waals surface area contributed by atoms with E-state index < -0.39 is 17.5 Å². The average molecular weight is 201 g/mol. The molecule has 0 saturated carbocycles. The molecule has 0 spiro atoms. The number of rotatable bonds is 2. The van der Waals surface area contributed by atoms with Gasteiger partial charge in [0, 0.05) is 0 Å². The van der Waals surface area contributed by atoms with Crippen molar-refractivity contribution in [2.45, 2.75) is 33.4 Å². The number of hydrogen-bond acceptors (Lipinski definition) is 3. The number of hydrogen-bond donors (Lipinski definition) is 3. The highest BCUT2D eigenvalue weighted by Gasteiger charge is 2.23. The third-order valence-corrected chi connectivity index (χ3v) is 2.12. The van der Waals surface area contributed by atoms with Gasteiger partial charge < -0.3 is 5.11 Å².